The number of H-pyrrole nitrogens is 1. The van der Waals surface area contributed by atoms with Gasteiger partial charge in [0.2, 0.25) is 5.56 Å². The van der Waals surface area contributed by atoms with Gasteiger partial charge in [-0.25, -0.2) is 0 Å². The molecule has 0 atom stereocenters. The number of hydrogen-bond acceptors (Lipinski definition) is 4. The van der Waals surface area contributed by atoms with Crippen molar-refractivity contribution in [3.05, 3.63) is 63.4 Å². The van der Waals surface area contributed by atoms with Crippen LogP contribution in [-0.4, -0.2) is 25.1 Å². The molecule has 0 aliphatic carbocycles. The Kier molecular flexibility index (Phi) is 4.63. The number of methoxy groups -OCH3 is 2. The Morgan fingerprint density at radius 2 is 1.76 bits per heavy atom. The first-order chi connectivity index (χ1) is 12.0. The fraction of sp³-hybridized carbons (Fsp3) is 0.111. The lowest BCUT2D eigenvalue weighted by Crippen LogP contribution is -2.17. The number of pyridine rings is 1. The van der Waals surface area contributed by atoms with Gasteiger partial charge in [0.15, 0.2) is 11.5 Å². The van der Waals surface area contributed by atoms with Gasteiger partial charge in [0.25, 0.3) is 5.91 Å². The van der Waals surface area contributed by atoms with Crippen LogP contribution in [-0.2, 0) is 0 Å². The molecule has 1 amide bonds. The largest absolute Gasteiger partial charge is 0.493 e. The SMILES string of the molecule is COc1cc(Cl)c(NC(=O)c2cc(=O)[nH]c3ccccc23)cc1OC. The molecule has 7 heteroatoms. The number of anilines is 1. The van der Waals surface area contributed by atoms with Crippen LogP contribution in [0.5, 0.6) is 11.5 Å². The molecule has 0 unspecified atom stereocenters. The minimum Gasteiger partial charge on any atom is -0.493 e. The molecule has 0 radical (unpaired) electrons. The van der Waals surface area contributed by atoms with E-state index in [1.54, 1.807) is 36.4 Å². The van der Waals surface area contributed by atoms with Crippen LogP contribution < -0.4 is 20.3 Å². The summed E-state index contributed by atoms with van der Waals surface area (Å²) in [6, 6.07) is 11.4. The van der Waals surface area contributed by atoms with E-state index in [0.717, 1.165) is 0 Å². The zero-order chi connectivity index (χ0) is 18.0. The number of para-hydroxylation sites is 1. The van der Waals surface area contributed by atoms with Crippen molar-refractivity contribution in [1.29, 1.82) is 0 Å². The number of aromatic amines is 1. The van der Waals surface area contributed by atoms with Gasteiger partial charge in [0.05, 0.1) is 30.5 Å². The Morgan fingerprint density at radius 1 is 1.08 bits per heavy atom. The highest BCUT2D eigenvalue weighted by Gasteiger charge is 2.16. The van der Waals surface area contributed by atoms with Crippen molar-refractivity contribution in [2.75, 3.05) is 19.5 Å². The normalized spacial score (nSPS) is 10.5. The van der Waals surface area contributed by atoms with Crippen LogP contribution in [0, 0.1) is 0 Å². The second kappa shape index (κ2) is 6.86. The van der Waals surface area contributed by atoms with Crippen molar-refractivity contribution in [3.63, 3.8) is 0 Å². The van der Waals surface area contributed by atoms with Gasteiger partial charge in [-0.3, -0.25) is 9.59 Å². The first-order valence-electron chi connectivity index (χ1n) is 7.38. The van der Waals surface area contributed by atoms with E-state index in [1.807, 2.05) is 0 Å². The average Bonchev–Trinajstić information content (AvgIpc) is 2.62. The maximum atomic E-state index is 12.7. The van der Waals surface area contributed by atoms with E-state index in [4.69, 9.17) is 21.1 Å². The number of halogens is 1. The molecule has 128 valence electrons. The Labute approximate surface area is 148 Å². The number of ether oxygens (including phenoxy) is 2. The summed E-state index contributed by atoms with van der Waals surface area (Å²) in [6.45, 7) is 0. The number of amides is 1. The van der Waals surface area contributed by atoms with E-state index in [2.05, 4.69) is 10.3 Å². The molecular formula is C18H15ClN2O4. The summed E-state index contributed by atoms with van der Waals surface area (Å²) in [4.78, 5) is 27.2. The topological polar surface area (TPSA) is 80.4 Å². The van der Waals surface area contributed by atoms with E-state index < -0.39 is 5.91 Å². The van der Waals surface area contributed by atoms with Crippen molar-refractivity contribution < 1.29 is 14.3 Å². The molecule has 0 aliphatic rings. The molecule has 0 fully saturated rings. The zero-order valence-electron chi connectivity index (χ0n) is 13.6. The van der Waals surface area contributed by atoms with Crippen molar-refractivity contribution in [3.8, 4) is 11.5 Å². The molecule has 25 heavy (non-hydrogen) atoms. The fourth-order valence-electron chi connectivity index (χ4n) is 2.53. The van der Waals surface area contributed by atoms with E-state index in [9.17, 15) is 9.59 Å². The van der Waals surface area contributed by atoms with Gasteiger partial charge in [-0.2, -0.15) is 0 Å². The van der Waals surface area contributed by atoms with Gasteiger partial charge >= 0.3 is 0 Å². The zero-order valence-corrected chi connectivity index (χ0v) is 14.3. The Hall–Kier alpha value is -2.99. The smallest absolute Gasteiger partial charge is 0.256 e. The molecule has 3 aromatic rings. The monoisotopic (exact) mass is 358 g/mol. The highest BCUT2D eigenvalue weighted by atomic mass is 35.5. The standard InChI is InChI=1S/C18H15ClN2O4/c1-24-15-8-12(19)14(9-16(15)25-2)21-18(23)11-7-17(22)20-13-6-4-3-5-10(11)13/h3-9H,1-2H3,(H,20,22)(H,21,23). The van der Waals surface area contributed by atoms with E-state index in [0.29, 0.717) is 33.1 Å². The summed E-state index contributed by atoms with van der Waals surface area (Å²) >= 11 is 6.20. The maximum Gasteiger partial charge on any atom is 0.256 e. The molecule has 1 heterocycles. The predicted octanol–water partition coefficient (Wildman–Crippen LogP) is 3.45. The lowest BCUT2D eigenvalue weighted by molar-refractivity contribution is 0.102. The van der Waals surface area contributed by atoms with Crippen molar-refractivity contribution in [1.82, 2.24) is 4.98 Å². The predicted molar refractivity (Wildman–Crippen MR) is 97.1 cm³/mol. The number of fused-ring (bicyclic) bond motifs is 1. The molecular weight excluding hydrogens is 344 g/mol. The number of hydrogen-bond donors (Lipinski definition) is 2. The Bertz CT molecular complexity index is 1010. The summed E-state index contributed by atoms with van der Waals surface area (Å²) < 4.78 is 10.4. The maximum absolute atomic E-state index is 12.7. The fourth-order valence-corrected chi connectivity index (χ4v) is 2.73. The Morgan fingerprint density at radius 3 is 2.48 bits per heavy atom. The highest BCUT2D eigenvalue weighted by molar-refractivity contribution is 6.34. The van der Waals surface area contributed by atoms with Crippen molar-refractivity contribution in [2.24, 2.45) is 0 Å². The van der Waals surface area contributed by atoms with Gasteiger partial charge in [-0.15, -0.1) is 0 Å². The van der Waals surface area contributed by atoms with Crippen LogP contribution in [0.15, 0.2) is 47.3 Å². The number of nitrogens with one attached hydrogen (secondary N) is 2. The minimum absolute atomic E-state index is 0.255. The second-order valence-electron chi connectivity index (χ2n) is 5.23. The van der Waals surface area contributed by atoms with Crippen LogP contribution in [0.4, 0.5) is 5.69 Å². The van der Waals surface area contributed by atoms with Gasteiger partial charge < -0.3 is 19.8 Å². The molecule has 6 nitrogen and oxygen atoms in total. The molecule has 2 N–H and O–H groups in total. The van der Waals surface area contributed by atoms with Crippen molar-refractivity contribution >= 4 is 34.1 Å². The first kappa shape index (κ1) is 16.9. The lowest BCUT2D eigenvalue weighted by atomic mass is 10.1. The summed E-state index contributed by atoms with van der Waals surface area (Å²) in [5.74, 6) is 0.432. The van der Waals surface area contributed by atoms with Gasteiger partial charge in [0.1, 0.15) is 0 Å². The quantitative estimate of drug-likeness (QED) is 0.748. The molecule has 0 saturated heterocycles. The van der Waals surface area contributed by atoms with E-state index >= 15 is 0 Å². The molecule has 2 aromatic carbocycles. The minimum atomic E-state index is -0.448. The van der Waals surface area contributed by atoms with Crippen LogP contribution in [0.3, 0.4) is 0 Å². The number of aromatic nitrogens is 1. The molecule has 3 rings (SSSR count). The molecule has 0 aliphatic heterocycles. The van der Waals surface area contributed by atoms with E-state index in [-0.39, 0.29) is 11.1 Å². The second-order valence-corrected chi connectivity index (χ2v) is 5.64. The highest BCUT2D eigenvalue weighted by Crippen LogP contribution is 2.36. The third kappa shape index (κ3) is 3.29. The summed E-state index contributed by atoms with van der Waals surface area (Å²) in [5, 5.41) is 3.64. The van der Waals surface area contributed by atoms with Gasteiger partial charge in [-0.05, 0) is 6.07 Å². The number of rotatable bonds is 4. The summed E-state index contributed by atoms with van der Waals surface area (Å²) in [5.41, 5.74) is 0.833. The van der Waals surface area contributed by atoms with Gasteiger partial charge in [-0.1, -0.05) is 29.8 Å². The lowest BCUT2D eigenvalue weighted by Gasteiger charge is -2.13. The van der Waals surface area contributed by atoms with Crippen molar-refractivity contribution in [2.45, 2.75) is 0 Å². The van der Waals surface area contributed by atoms with Crippen LogP contribution in [0.2, 0.25) is 5.02 Å². The average molecular weight is 359 g/mol. The Balaban J connectivity index is 2.03. The number of carbonyl (C=O) groups excluding carboxylic acids is 1. The van der Waals surface area contributed by atoms with E-state index in [1.165, 1.54) is 20.3 Å². The van der Waals surface area contributed by atoms with Crippen LogP contribution >= 0.6 is 11.6 Å². The number of carbonyl (C=O) groups is 1. The summed E-state index contributed by atoms with van der Waals surface area (Å²) in [6.07, 6.45) is 0. The summed E-state index contributed by atoms with van der Waals surface area (Å²) in [7, 11) is 2.98. The number of benzene rings is 2. The molecule has 1 aromatic heterocycles. The molecule has 0 bridgehead atoms. The third-order valence-corrected chi connectivity index (χ3v) is 4.03. The first-order valence-corrected chi connectivity index (χ1v) is 7.76. The van der Waals surface area contributed by atoms with Gasteiger partial charge in [0, 0.05) is 29.1 Å². The van der Waals surface area contributed by atoms with Crippen LogP contribution in [0.1, 0.15) is 10.4 Å². The molecule has 0 saturated carbocycles. The van der Waals surface area contributed by atoms with Crippen LogP contribution in [0.25, 0.3) is 10.9 Å². The third-order valence-electron chi connectivity index (χ3n) is 3.72. The molecule has 0 spiro atoms.